The molecule has 0 aromatic carbocycles. The smallest absolute Gasteiger partial charge is 0.350 e. The fourth-order valence-corrected chi connectivity index (χ4v) is 1.60. The lowest BCUT2D eigenvalue weighted by Gasteiger charge is -1.96. The molecule has 0 radical (unpaired) electrons. The van der Waals surface area contributed by atoms with Crippen LogP contribution in [0.3, 0.4) is 0 Å². The first-order valence-electron chi connectivity index (χ1n) is 4.71. The van der Waals surface area contributed by atoms with E-state index in [1.54, 1.807) is 6.92 Å². The summed E-state index contributed by atoms with van der Waals surface area (Å²) in [5.41, 5.74) is 0. The molecule has 16 heavy (non-hydrogen) atoms. The van der Waals surface area contributed by atoms with Crippen molar-refractivity contribution in [3.05, 3.63) is 11.1 Å². The van der Waals surface area contributed by atoms with Gasteiger partial charge in [0.1, 0.15) is 11.5 Å². The molecule has 0 atom stereocenters. The van der Waals surface area contributed by atoms with E-state index in [9.17, 15) is 4.79 Å². The number of aliphatic hydroxyl groups excluding tert-OH is 1. The van der Waals surface area contributed by atoms with Gasteiger partial charge < -0.3 is 15.2 Å². The molecule has 86 valence electrons. The third-order valence-corrected chi connectivity index (χ3v) is 2.45. The number of aromatic nitrogens is 1. The molecule has 0 aliphatic rings. The van der Waals surface area contributed by atoms with Crippen molar-refractivity contribution >= 4 is 22.4 Å². The quantitative estimate of drug-likeness (QED) is 0.599. The zero-order valence-electron chi connectivity index (χ0n) is 8.82. The maximum absolute atomic E-state index is 11.3. The Bertz CT molecular complexity index is 406. The monoisotopic (exact) mass is 240 g/mol. The first kappa shape index (κ1) is 12.5. The molecular weight excluding hydrogens is 228 g/mol. The lowest BCUT2D eigenvalue weighted by Crippen LogP contribution is -2.01. The van der Waals surface area contributed by atoms with E-state index in [4.69, 9.17) is 9.84 Å². The van der Waals surface area contributed by atoms with Gasteiger partial charge in [0, 0.05) is 0 Å². The Morgan fingerprint density at radius 1 is 1.69 bits per heavy atom. The predicted molar refractivity (Wildman–Crippen MR) is 61.4 cm³/mol. The Morgan fingerprint density at radius 3 is 3.19 bits per heavy atom. The molecule has 0 saturated carbocycles. The Morgan fingerprint density at radius 2 is 2.50 bits per heavy atom. The first-order valence-corrected chi connectivity index (χ1v) is 5.53. The van der Waals surface area contributed by atoms with Gasteiger partial charge in [0.2, 0.25) is 0 Å². The highest BCUT2D eigenvalue weighted by Gasteiger charge is 2.10. The van der Waals surface area contributed by atoms with Gasteiger partial charge in [0.05, 0.1) is 19.3 Å². The van der Waals surface area contributed by atoms with Gasteiger partial charge in [0.15, 0.2) is 5.13 Å². The van der Waals surface area contributed by atoms with Crippen molar-refractivity contribution in [1.29, 1.82) is 0 Å². The lowest BCUT2D eigenvalue weighted by atomic mass is 10.5. The number of hydrogen-bond acceptors (Lipinski definition) is 6. The third kappa shape index (κ3) is 3.88. The van der Waals surface area contributed by atoms with Crippen LogP contribution in [0.15, 0.2) is 6.20 Å². The summed E-state index contributed by atoms with van der Waals surface area (Å²) in [6, 6.07) is 0. The van der Waals surface area contributed by atoms with Crippen LogP contribution in [0.4, 0.5) is 5.13 Å². The fourth-order valence-electron chi connectivity index (χ4n) is 0.891. The van der Waals surface area contributed by atoms with E-state index in [2.05, 4.69) is 22.1 Å². The molecule has 0 fully saturated rings. The van der Waals surface area contributed by atoms with Crippen molar-refractivity contribution in [2.45, 2.75) is 6.92 Å². The third-order valence-electron chi connectivity index (χ3n) is 1.51. The largest absolute Gasteiger partial charge is 0.462 e. The van der Waals surface area contributed by atoms with Crippen LogP contribution in [-0.2, 0) is 4.74 Å². The van der Waals surface area contributed by atoms with Gasteiger partial charge in [-0.05, 0) is 6.92 Å². The number of rotatable bonds is 4. The Kier molecular flexibility index (Phi) is 5.32. The van der Waals surface area contributed by atoms with E-state index in [-0.39, 0.29) is 12.6 Å². The van der Waals surface area contributed by atoms with Gasteiger partial charge in [-0.2, -0.15) is 0 Å². The second-order valence-electron chi connectivity index (χ2n) is 2.62. The molecule has 1 aromatic heterocycles. The summed E-state index contributed by atoms with van der Waals surface area (Å²) < 4.78 is 4.83. The Labute approximate surface area is 97.5 Å². The van der Waals surface area contributed by atoms with Gasteiger partial charge in [0.25, 0.3) is 0 Å². The number of carbonyl (C=O) groups is 1. The molecule has 0 amide bonds. The number of nitrogens with one attached hydrogen (secondary N) is 1. The van der Waals surface area contributed by atoms with Gasteiger partial charge >= 0.3 is 5.97 Å². The molecule has 1 aromatic rings. The summed E-state index contributed by atoms with van der Waals surface area (Å²) in [5.74, 6) is 4.82. The van der Waals surface area contributed by atoms with E-state index in [0.29, 0.717) is 23.2 Å². The highest BCUT2D eigenvalue weighted by Crippen LogP contribution is 2.18. The molecular formula is C10H12N2O3S. The average molecular weight is 240 g/mol. The van der Waals surface area contributed by atoms with Crippen LogP contribution in [0.2, 0.25) is 0 Å². The number of thiazole rings is 1. The van der Waals surface area contributed by atoms with E-state index < -0.39 is 0 Å². The number of esters is 1. The molecule has 2 N–H and O–H groups in total. The zero-order valence-corrected chi connectivity index (χ0v) is 9.63. The number of hydrogen-bond donors (Lipinski definition) is 2. The Balaban J connectivity index is 2.48. The topological polar surface area (TPSA) is 71.5 Å². The fraction of sp³-hybridized carbons (Fsp3) is 0.400. The number of anilines is 1. The van der Waals surface area contributed by atoms with Gasteiger partial charge in [-0.1, -0.05) is 23.2 Å². The van der Waals surface area contributed by atoms with E-state index >= 15 is 0 Å². The second-order valence-corrected chi connectivity index (χ2v) is 3.65. The number of ether oxygens (including phenoxy) is 1. The summed E-state index contributed by atoms with van der Waals surface area (Å²) >= 11 is 1.21. The zero-order chi connectivity index (χ0) is 11.8. The standard InChI is InChI=1S/C10H12N2O3S/c1-2-15-9(14)8-7-12-10(16-8)11-5-3-4-6-13/h7,13H,2,5-6H2,1H3,(H,11,12). The first-order chi connectivity index (χ1) is 7.77. The van der Waals surface area contributed by atoms with Crippen molar-refractivity contribution in [2.75, 3.05) is 25.1 Å². The van der Waals surface area contributed by atoms with Crippen LogP contribution in [0.25, 0.3) is 0 Å². The average Bonchev–Trinajstić information content (AvgIpc) is 2.73. The predicted octanol–water partition coefficient (Wildman–Crippen LogP) is 0.727. The van der Waals surface area contributed by atoms with Crippen LogP contribution in [0.1, 0.15) is 16.6 Å². The summed E-state index contributed by atoms with van der Waals surface area (Å²) in [7, 11) is 0. The molecule has 0 bridgehead atoms. The molecule has 0 aliphatic carbocycles. The highest BCUT2D eigenvalue weighted by molar-refractivity contribution is 7.17. The highest BCUT2D eigenvalue weighted by atomic mass is 32.1. The van der Waals surface area contributed by atoms with E-state index in [0.717, 1.165) is 0 Å². The normalized spacial score (nSPS) is 9.12. The number of aliphatic hydroxyl groups is 1. The summed E-state index contributed by atoms with van der Waals surface area (Å²) in [6.07, 6.45) is 1.46. The molecule has 5 nitrogen and oxygen atoms in total. The summed E-state index contributed by atoms with van der Waals surface area (Å²) in [5, 5.41) is 11.9. The SMILES string of the molecule is CCOC(=O)c1cnc(NCC#CCO)s1. The minimum absolute atomic E-state index is 0.159. The lowest BCUT2D eigenvalue weighted by molar-refractivity contribution is 0.0532. The van der Waals surface area contributed by atoms with Gasteiger partial charge in [-0.25, -0.2) is 9.78 Å². The molecule has 0 spiro atoms. The van der Waals surface area contributed by atoms with Crippen LogP contribution >= 0.6 is 11.3 Å². The number of nitrogens with zero attached hydrogens (tertiary/aromatic N) is 1. The Hall–Kier alpha value is -1.58. The summed E-state index contributed by atoms with van der Waals surface area (Å²) in [6.45, 7) is 2.33. The van der Waals surface area contributed by atoms with Crippen LogP contribution < -0.4 is 5.32 Å². The molecule has 1 rings (SSSR count). The van der Waals surface area contributed by atoms with Crippen LogP contribution in [-0.4, -0.2) is 35.8 Å². The van der Waals surface area contributed by atoms with Crippen molar-refractivity contribution < 1.29 is 14.6 Å². The van der Waals surface area contributed by atoms with Crippen molar-refractivity contribution in [2.24, 2.45) is 0 Å². The van der Waals surface area contributed by atoms with Crippen molar-refractivity contribution in [3.63, 3.8) is 0 Å². The second kappa shape index (κ2) is 6.82. The van der Waals surface area contributed by atoms with Crippen molar-refractivity contribution in [1.82, 2.24) is 4.98 Å². The van der Waals surface area contributed by atoms with E-state index in [1.165, 1.54) is 17.5 Å². The minimum Gasteiger partial charge on any atom is -0.462 e. The minimum atomic E-state index is -0.366. The molecule has 0 aliphatic heterocycles. The van der Waals surface area contributed by atoms with Gasteiger partial charge in [-0.15, -0.1) is 0 Å². The maximum Gasteiger partial charge on any atom is 0.350 e. The van der Waals surface area contributed by atoms with Gasteiger partial charge in [-0.3, -0.25) is 0 Å². The maximum atomic E-state index is 11.3. The van der Waals surface area contributed by atoms with Crippen LogP contribution in [0, 0.1) is 11.8 Å². The molecule has 0 saturated heterocycles. The molecule has 6 heteroatoms. The molecule has 0 unspecified atom stereocenters. The summed E-state index contributed by atoms with van der Waals surface area (Å²) in [4.78, 5) is 15.7. The molecule has 1 heterocycles. The van der Waals surface area contributed by atoms with E-state index in [1.807, 2.05) is 0 Å². The van der Waals surface area contributed by atoms with Crippen LogP contribution in [0.5, 0.6) is 0 Å². The van der Waals surface area contributed by atoms with Crippen molar-refractivity contribution in [3.8, 4) is 11.8 Å². The number of carbonyl (C=O) groups excluding carboxylic acids is 1.